The van der Waals surface area contributed by atoms with Gasteiger partial charge in [-0.05, 0) is 34.9 Å². The molecule has 0 saturated heterocycles. The number of halogens is 1. The van der Waals surface area contributed by atoms with Crippen molar-refractivity contribution in [3.63, 3.8) is 0 Å². The van der Waals surface area contributed by atoms with E-state index in [1.54, 1.807) is 12.1 Å². The second-order valence-electron chi connectivity index (χ2n) is 7.07. The molecule has 1 heterocycles. The van der Waals surface area contributed by atoms with Gasteiger partial charge in [-0.15, -0.1) is 0 Å². The van der Waals surface area contributed by atoms with Crippen molar-refractivity contribution < 1.29 is 9.18 Å². The van der Waals surface area contributed by atoms with Gasteiger partial charge in [0.05, 0.1) is 12.6 Å². The molecule has 0 aliphatic heterocycles. The van der Waals surface area contributed by atoms with Crippen LogP contribution in [0.5, 0.6) is 0 Å². The SMILES string of the molecule is O=C(NC(c1ccccc1)c1ccccc1)c1ccc(=O)n(Cc2ccc(F)cc2)n1. The molecule has 154 valence electrons. The molecule has 0 spiro atoms. The molecule has 4 rings (SSSR count). The summed E-state index contributed by atoms with van der Waals surface area (Å²) in [5.41, 5.74) is 2.35. The lowest BCUT2D eigenvalue weighted by Crippen LogP contribution is -2.32. The summed E-state index contributed by atoms with van der Waals surface area (Å²) in [6.45, 7) is 0.140. The van der Waals surface area contributed by atoms with Gasteiger partial charge in [0, 0.05) is 6.07 Å². The van der Waals surface area contributed by atoms with Gasteiger partial charge in [0.1, 0.15) is 11.5 Å². The van der Waals surface area contributed by atoms with Crippen molar-refractivity contribution in [2.75, 3.05) is 0 Å². The largest absolute Gasteiger partial charge is 0.340 e. The van der Waals surface area contributed by atoms with Crippen LogP contribution >= 0.6 is 0 Å². The Labute approximate surface area is 178 Å². The van der Waals surface area contributed by atoms with Crippen LogP contribution in [0.25, 0.3) is 0 Å². The summed E-state index contributed by atoms with van der Waals surface area (Å²) in [5.74, 6) is -0.754. The third-order valence-corrected chi connectivity index (χ3v) is 4.89. The molecule has 1 N–H and O–H groups in total. The average Bonchev–Trinajstić information content (AvgIpc) is 2.81. The molecule has 5 nitrogen and oxygen atoms in total. The van der Waals surface area contributed by atoms with E-state index in [1.165, 1.54) is 28.9 Å². The number of hydrogen-bond donors (Lipinski definition) is 1. The molecule has 6 heteroatoms. The minimum absolute atomic E-state index is 0.124. The van der Waals surface area contributed by atoms with Gasteiger partial charge in [-0.3, -0.25) is 9.59 Å². The normalized spacial score (nSPS) is 10.8. The summed E-state index contributed by atoms with van der Waals surface area (Å²) < 4.78 is 14.3. The van der Waals surface area contributed by atoms with E-state index >= 15 is 0 Å². The molecule has 1 amide bonds. The Kier molecular flexibility index (Phi) is 5.98. The highest BCUT2D eigenvalue weighted by Crippen LogP contribution is 2.22. The minimum atomic E-state index is -0.398. The van der Waals surface area contributed by atoms with Gasteiger partial charge >= 0.3 is 0 Å². The van der Waals surface area contributed by atoms with Crippen LogP contribution in [0.3, 0.4) is 0 Å². The van der Waals surface area contributed by atoms with Gasteiger partial charge in [-0.1, -0.05) is 72.8 Å². The molecule has 0 fully saturated rings. The Morgan fingerprint density at radius 3 is 2.00 bits per heavy atom. The maximum Gasteiger partial charge on any atom is 0.272 e. The van der Waals surface area contributed by atoms with Crippen LogP contribution in [0, 0.1) is 5.82 Å². The maximum absolute atomic E-state index is 13.1. The van der Waals surface area contributed by atoms with E-state index in [0.29, 0.717) is 5.56 Å². The Bertz CT molecular complexity index is 1180. The van der Waals surface area contributed by atoms with E-state index in [2.05, 4.69) is 10.4 Å². The quantitative estimate of drug-likeness (QED) is 0.521. The summed E-state index contributed by atoms with van der Waals surface area (Å²) in [6, 6.07) is 27.4. The molecule has 1 aromatic heterocycles. The van der Waals surface area contributed by atoms with Crippen molar-refractivity contribution in [1.29, 1.82) is 0 Å². The predicted molar refractivity (Wildman–Crippen MR) is 116 cm³/mol. The number of benzene rings is 3. The molecule has 3 aromatic carbocycles. The Morgan fingerprint density at radius 2 is 1.42 bits per heavy atom. The third kappa shape index (κ3) is 4.93. The number of rotatable bonds is 6. The number of aromatic nitrogens is 2. The van der Waals surface area contributed by atoms with E-state index in [4.69, 9.17) is 0 Å². The van der Waals surface area contributed by atoms with Crippen LogP contribution in [0.2, 0.25) is 0 Å². The Balaban J connectivity index is 1.60. The highest BCUT2D eigenvalue weighted by molar-refractivity contribution is 5.92. The van der Waals surface area contributed by atoms with Crippen molar-refractivity contribution in [3.05, 3.63) is 136 Å². The van der Waals surface area contributed by atoms with E-state index in [9.17, 15) is 14.0 Å². The lowest BCUT2D eigenvalue weighted by Gasteiger charge is -2.20. The molecule has 4 aromatic rings. The number of amides is 1. The second kappa shape index (κ2) is 9.17. The first-order valence-corrected chi connectivity index (χ1v) is 9.83. The number of carbonyl (C=O) groups is 1. The molecule has 0 radical (unpaired) electrons. The molecule has 0 bridgehead atoms. The van der Waals surface area contributed by atoms with Gasteiger partial charge in [-0.25, -0.2) is 9.07 Å². The second-order valence-corrected chi connectivity index (χ2v) is 7.07. The Morgan fingerprint density at radius 1 is 0.839 bits per heavy atom. The fourth-order valence-electron chi connectivity index (χ4n) is 3.30. The average molecular weight is 413 g/mol. The van der Waals surface area contributed by atoms with Gasteiger partial charge in [0.15, 0.2) is 0 Å². The maximum atomic E-state index is 13.1. The van der Waals surface area contributed by atoms with Gasteiger partial charge in [0.25, 0.3) is 11.5 Å². The monoisotopic (exact) mass is 413 g/mol. The highest BCUT2D eigenvalue weighted by Gasteiger charge is 2.19. The smallest absolute Gasteiger partial charge is 0.272 e. The molecule has 0 saturated carbocycles. The first-order chi connectivity index (χ1) is 15.1. The van der Waals surface area contributed by atoms with Crippen molar-refractivity contribution in [1.82, 2.24) is 15.1 Å². The van der Waals surface area contributed by atoms with Crippen molar-refractivity contribution in [3.8, 4) is 0 Å². The fraction of sp³-hybridized carbons (Fsp3) is 0.0800. The lowest BCUT2D eigenvalue weighted by atomic mass is 9.98. The zero-order chi connectivity index (χ0) is 21.6. The summed E-state index contributed by atoms with van der Waals surface area (Å²) in [4.78, 5) is 25.2. The Hall–Kier alpha value is -4.06. The minimum Gasteiger partial charge on any atom is -0.340 e. The lowest BCUT2D eigenvalue weighted by molar-refractivity contribution is 0.0935. The fourth-order valence-corrected chi connectivity index (χ4v) is 3.30. The van der Waals surface area contributed by atoms with E-state index in [1.807, 2.05) is 60.7 Å². The topological polar surface area (TPSA) is 64.0 Å². The van der Waals surface area contributed by atoms with Gasteiger partial charge < -0.3 is 5.32 Å². The highest BCUT2D eigenvalue weighted by atomic mass is 19.1. The summed E-state index contributed by atoms with van der Waals surface area (Å²) in [7, 11) is 0. The summed E-state index contributed by atoms with van der Waals surface area (Å²) in [6.07, 6.45) is 0. The number of carbonyl (C=O) groups excluding carboxylic acids is 1. The molecular weight excluding hydrogens is 393 g/mol. The van der Waals surface area contributed by atoms with Crippen molar-refractivity contribution in [2.45, 2.75) is 12.6 Å². The van der Waals surface area contributed by atoms with E-state index in [-0.39, 0.29) is 29.7 Å². The van der Waals surface area contributed by atoms with Crippen LogP contribution < -0.4 is 10.9 Å². The molecule has 0 aliphatic rings. The number of nitrogens with one attached hydrogen (secondary N) is 1. The van der Waals surface area contributed by atoms with E-state index in [0.717, 1.165) is 11.1 Å². The summed E-state index contributed by atoms with van der Waals surface area (Å²) in [5, 5.41) is 7.25. The third-order valence-electron chi connectivity index (χ3n) is 4.89. The molecule has 31 heavy (non-hydrogen) atoms. The summed E-state index contributed by atoms with van der Waals surface area (Å²) >= 11 is 0. The van der Waals surface area contributed by atoms with Crippen LogP contribution in [0.1, 0.15) is 33.2 Å². The first-order valence-electron chi connectivity index (χ1n) is 9.83. The zero-order valence-corrected chi connectivity index (χ0v) is 16.6. The van der Waals surface area contributed by atoms with Crippen LogP contribution in [0.15, 0.2) is 102 Å². The van der Waals surface area contributed by atoms with Crippen LogP contribution in [-0.4, -0.2) is 15.7 Å². The molecule has 0 atom stereocenters. The molecule has 0 aliphatic carbocycles. The molecular formula is C25H20FN3O2. The van der Waals surface area contributed by atoms with Gasteiger partial charge in [-0.2, -0.15) is 5.10 Å². The first kappa shape index (κ1) is 20.2. The van der Waals surface area contributed by atoms with Crippen molar-refractivity contribution >= 4 is 5.91 Å². The van der Waals surface area contributed by atoms with Gasteiger partial charge in [0.2, 0.25) is 0 Å². The van der Waals surface area contributed by atoms with Crippen LogP contribution in [0.4, 0.5) is 4.39 Å². The zero-order valence-electron chi connectivity index (χ0n) is 16.6. The van der Waals surface area contributed by atoms with Crippen molar-refractivity contribution in [2.24, 2.45) is 0 Å². The number of hydrogen-bond acceptors (Lipinski definition) is 3. The predicted octanol–water partition coefficient (Wildman–Crippen LogP) is 3.95. The molecule has 0 unspecified atom stereocenters. The van der Waals surface area contributed by atoms with Crippen LogP contribution in [-0.2, 0) is 6.54 Å². The number of nitrogens with zero attached hydrogens (tertiary/aromatic N) is 2. The standard InChI is InChI=1S/C25H20FN3O2/c26-21-13-11-18(12-14-21)17-29-23(30)16-15-22(28-29)25(31)27-24(19-7-3-1-4-8-19)20-9-5-2-6-10-20/h1-16,24H,17H2,(H,27,31). The van der Waals surface area contributed by atoms with E-state index < -0.39 is 5.91 Å².